The van der Waals surface area contributed by atoms with Crippen molar-refractivity contribution in [3.63, 3.8) is 0 Å². The number of methoxy groups -OCH3 is 1. The van der Waals surface area contributed by atoms with Gasteiger partial charge in [0.2, 0.25) is 10.0 Å². The van der Waals surface area contributed by atoms with E-state index in [1.54, 1.807) is 12.1 Å². The van der Waals surface area contributed by atoms with Crippen molar-refractivity contribution in [2.24, 2.45) is 0 Å². The molecule has 0 saturated carbocycles. The van der Waals surface area contributed by atoms with Crippen molar-refractivity contribution in [1.29, 1.82) is 0 Å². The van der Waals surface area contributed by atoms with Crippen LogP contribution < -0.4 is 4.74 Å². The molecule has 1 aromatic carbocycles. The summed E-state index contributed by atoms with van der Waals surface area (Å²) in [5, 5.41) is 10.0. The number of sulfonamides is 1. The molecule has 3 rings (SSSR count). The number of rotatable bonds is 4. The van der Waals surface area contributed by atoms with E-state index in [1.165, 1.54) is 11.4 Å². The van der Waals surface area contributed by atoms with Crippen molar-refractivity contribution in [2.45, 2.75) is 16.9 Å². The SMILES string of the molecule is COCC1(O)CN(S(=O)(=O)c2cccc3c2OCC3)C1. The quantitative estimate of drug-likeness (QED) is 0.847. The number of para-hydroxylation sites is 1. The normalized spacial score (nSPS) is 21.1. The first-order chi connectivity index (χ1) is 9.46. The number of hydrogen-bond acceptors (Lipinski definition) is 5. The van der Waals surface area contributed by atoms with Crippen molar-refractivity contribution >= 4 is 10.0 Å². The van der Waals surface area contributed by atoms with E-state index in [0.29, 0.717) is 12.4 Å². The summed E-state index contributed by atoms with van der Waals surface area (Å²) >= 11 is 0. The summed E-state index contributed by atoms with van der Waals surface area (Å²) in [6.07, 6.45) is 0.728. The van der Waals surface area contributed by atoms with Crippen LogP contribution in [0, 0.1) is 0 Å². The Morgan fingerprint density at radius 3 is 2.90 bits per heavy atom. The van der Waals surface area contributed by atoms with Gasteiger partial charge in [-0.25, -0.2) is 8.42 Å². The minimum atomic E-state index is -3.62. The zero-order chi connectivity index (χ0) is 14.4. The third kappa shape index (κ3) is 2.10. The Labute approximate surface area is 118 Å². The molecule has 1 saturated heterocycles. The van der Waals surface area contributed by atoms with Gasteiger partial charge in [0, 0.05) is 26.6 Å². The lowest BCUT2D eigenvalue weighted by molar-refractivity contribution is -0.103. The molecule has 0 spiro atoms. The Morgan fingerprint density at radius 2 is 2.20 bits per heavy atom. The molecule has 0 aliphatic carbocycles. The summed E-state index contributed by atoms with van der Waals surface area (Å²) in [5.41, 5.74) is -0.167. The molecule has 0 atom stereocenters. The van der Waals surface area contributed by atoms with Gasteiger partial charge in [-0.3, -0.25) is 0 Å². The fourth-order valence-corrected chi connectivity index (χ4v) is 4.44. The van der Waals surface area contributed by atoms with Crippen molar-refractivity contribution in [3.8, 4) is 5.75 Å². The van der Waals surface area contributed by atoms with E-state index >= 15 is 0 Å². The summed E-state index contributed by atoms with van der Waals surface area (Å²) in [6, 6.07) is 5.15. The number of aliphatic hydroxyl groups is 1. The second-order valence-corrected chi connectivity index (χ2v) is 7.18. The average Bonchev–Trinajstić information content (AvgIpc) is 2.83. The van der Waals surface area contributed by atoms with Gasteiger partial charge in [0.1, 0.15) is 16.2 Å². The zero-order valence-corrected chi connectivity index (χ0v) is 12.0. The van der Waals surface area contributed by atoms with E-state index in [-0.39, 0.29) is 24.6 Å². The number of benzene rings is 1. The standard InChI is InChI=1S/C13H17NO5S/c1-18-9-13(15)7-14(8-13)20(16,17)11-4-2-3-10-5-6-19-12(10)11/h2-4,15H,5-9H2,1H3. The van der Waals surface area contributed by atoms with Gasteiger partial charge >= 0.3 is 0 Å². The summed E-state index contributed by atoms with van der Waals surface area (Å²) < 4.78 is 36.7. The van der Waals surface area contributed by atoms with Gasteiger partial charge in [0.25, 0.3) is 0 Å². The second kappa shape index (κ2) is 4.70. The fourth-order valence-electron chi connectivity index (χ4n) is 2.67. The van der Waals surface area contributed by atoms with E-state index in [2.05, 4.69) is 0 Å². The van der Waals surface area contributed by atoms with Crippen LogP contribution in [0.1, 0.15) is 5.56 Å². The number of hydrogen-bond donors (Lipinski definition) is 1. The second-order valence-electron chi connectivity index (χ2n) is 5.27. The monoisotopic (exact) mass is 299 g/mol. The molecule has 7 heteroatoms. The van der Waals surface area contributed by atoms with Gasteiger partial charge in [-0.1, -0.05) is 12.1 Å². The van der Waals surface area contributed by atoms with Gasteiger partial charge in [-0.05, 0) is 11.6 Å². The molecular formula is C13H17NO5S. The molecule has 0 aromatic heterocycles. The van der Waals surface area contributed by atoms with Crippen LogP contribution in [-0.4, -0.2) is 56.8 Å². The highest BCUT2D eigenvalue weighted by Gasteiger charge is 2.48. The zero-order valence-electron chi connectivity index (χ0n) is 11.2. The fraction of sp³-hybridized carbons (Fsp3) is 0.538. The lowest BCUT2D eigenvalue weighted by Crippen LogP contribution is -2.65. The Kier molecular flexibility index (Phi) is 3.24. The molecule has 20 heavy (non-hydrogen) atoms. The van der Waals surface area contributed by atoms with Crippen LogP contribution in [0.15, 0.2) is 23.1 Å². The smallest absolute Gasteiger partial charge is 0.246 e. The van der Waals surface area contributed by atoms with Crippen molar-refractivity contribution < 1.29 is 23.0 Å². The average molecular weight is 299 g/mol. The van der Waals surface area contributed by atoms with Crippen molar-refractivity contribution in [3.05, 3.63) is 23.8 Å². The van der Waals surface area contributed by atoms with Gasteiger partial charge in [-0.15, -0.1) is 0 Å². The molecule has 1 N–H and O–H groups in total. The number of fused-ring (bicyclic) bond motifs is 1. The van der Waals surface area contributed by atoms with Gasteiger partial charge < -0.3 is 14.6 Å². The Bertz CT molecular complexity index is 622. The van der Waals surface area contributed by atoms with Crippen molar-refractivity contribution in [1.82, 2.24) is 4.31 Å². The predicted octanol–water partition coefficient (Wildman–Crippen LogP) is 0.00330. The first-order valence-corrected chi connectivity index (χ1v) is 7.86. The first kappa shape index (κ1) is 13.8. The molecular weight excluding hydrogens is 282 g/mol. The van der Waals surface area contributed by atoms with Crippen LogP contribution in [0.2, 0.25) is 0 Å². The molecule has 0 bridgehead atoms. The summed E-state index contributed by atoms with van der Waals surface area (Å²) in [4.78, 5) is 0.187. The van der Waals surface area contributed by atoms with Crippen LogP contribution in [0.25, 0.3) is 0 Å². The lowest BCUT2D eigenvalue weighted by atomic mass is 9.99. The van der Waals surface area contributed by atoms with Gasteiger partial charge in [-0.2, -0.15) is 4.31 Å². The summed E-state index contributed by atoms with van der Waals surface area (Å²) in [5.74, 6) is 0.453. The molecule has 0 radical (unpaired) electrons. The van der Waals surface area contributed by atoms with Gasteiger partial charge in [0.15, 0.2) is 0 Å². The molecule has 1 fully saturated rings. The molecule has 2 aliphatic heterocycles. The molecule has 0 amide bonds. The Balaban J connectivity index is 1.86. The van der Waals surface area contributed by atoms with E-state index in [4.69, 9.17) is 9.47 Å². The highest BCUT2D eigenvalue weighted by molar-refractivity contribution is 7.89. The third-order valence-corrected chi connectivity index (χ3v) is 5.47. The van der Waals surface area contributed by atoms with Crippen molar-refractivity contribution in [2.75, 3.05) is 33.4 Å². The minimum absolute atomic E-state index is 0.0485. The van der Waals surface area contributed by atoms with Gasteiger partial charge in [0.05, 0.1) is 13.2 Å². The molecule has 2 heterocycles. The Morgan fingerprint density at radius 1 is 1.45 bits per heavy atom. The molecule has 0 unspecified atom stereocenters. The van der Waals surface area contributed by atoms with Crippen LogP contribution in [0.4, 0.5) is 0 Å². The van der Waals surface area contributed by atoms with Crippen LogP contribution in [0.5, 0.6) is 5.75 Å². The Hall–Kier alpha value is -1.15. The summed E-state index contributed by atoms with van der Waals surface area (Å²) in [7, 11) is -2.14. The predicted molar refractivity (Wildman–Crippen MR) is 71.2 cm³/mol. The van der Waals surface area contributed by atoms with E-state index < -0.39 is 15.6 Å². The molecule has 1 aromatic rings. The number of β-amino-alcohol motifs (C(OH)–C–C–N with tert-alkyl or cyclic N) is 1. The maximum Gasteiger partial charge on any atom is 0.246 e. The third-order valence-electron chi connectivity index (χ3n) is 3.65. The largest absolute Gasteiger partial charge is 0.492 e. The van der Waals surface area contributed by atoms with E-state index in [1.807, 2.05) is 6.07 Å². The highest BCUT2D eigenvalue weighted by atomic mass is 32.2. The first-order valence-electron chi connectivity index (χ1n) is 6.42. The van der Waals surface area contributed by atoms with E-state index in [0.717, 1.165) is 12.0 Å². The molecule has 110 valence electrons. The maximum absolute atomic E-state index is 12.6. The number of ether oxygens (including phenoxy) is 2. The van der Waals surface area contributed by atoms with Crippen LogP contribution >= 0.6 is 0 Å². The van der Waals surface area contributed by atoms with Crippen LogP contribution in [-0.2, 0) is 21.2 Å². The topological polar surface area (TPSA) is 76.1 Å². The number of nitrogens with zero attached hydrogens (tertiary/aromatic N) is 1. The maximum atomic E-state index is 12.6. The molecule has 6 nitrogen and oxygen atoms in total. The van der Waals surface area contributed by atoms with E-state index in [9.17, 15) is 13.5 Å². The minimum Gasteiger partial charge on any atom is -0.492 e. The highest BCUT2D eigenvalue weighted by Crippen LogP contribution is 2.37. The lowest BCUT2D eigenvalue weighted by Gasteiger charge is -2.44. The van der Waals surface area contributed by atoms with Crippen LogP contribution in [0.3, 0.4) is 0 Å². The summed E-state index contributed by atoms with van der Waals surface area (Å²) in [6.45, 7) is 0.734. The molecule has 2 aliphatic rings.